The van der Waals surface area contributed by atoms with Crippen LogP contribution in [0.5, 0.6) is 0 Å². The Morgan fingerprint density at radius 2 is 2.33 bits per heavy atom. The minimum Gasteiger partial charge on any atom is -0.322 e. The molecule has 2 nitrogen and oxygen atoms in total. The standard InChI is InChI=1S/C6H14N2S/c1-3-8(2)6(9)4-5(6)7/h5,9H,3-4,7H2,1-2H3/p+1/t5-,6-/m1/s1. The van der Waals surface area contributed by atoms with Gasteiger partial charge in [-0.05, 0) is 26.2 Å². The van der Waals surface area contributed by atoms with Crippen LogP contribution in [-0.2, 0) is 12.6 Å². The zero-order chi connectivity index (χ0) is 7.07. The first-order valence-corrected chi connectivity index (χ1v) is 3.83. The average molecular weight is 147 g/mol. The summed E-state index contributed by atoms with van der Waals surface area (Å²) in [7, 11) is 2.08. The van der Waals surface area contributed by atoms with Crippen molar-refractivity contribution in [2.75, 3.05) is 13.6 Å². The molecule has 0 aromatic carbocycles. The molecule has 0 radical (unpaired) electrons. The Balaban J connectivity index is 2.43. The van der Waals surface area contributed by atoms with Gasteiger partial charge in [0.05, 0.1) is 6.04 Å². The summed E-state index contributed by atoms with van der Waals surface area (Å²) < 4.78 is 0. The Labute approximate surface area is 61.8 Å². The molecule has 1 rings (SSSR count). The van der Waals surface area contributed by atoms with E-state index in [1.54, 1.807) is 0 Å². The van der Waals surface area contributed by atoms with Crippen LogP contribution in [0, 0.1) is 0 Å². The highest BCUT2D eigenvalue weighted by Gasteiger charge is 2.58. The quantitative estimate of drug-likeness (QED) is 0.527. The van der Waals surface area contributed by atoms with Crippen molar-refractivity contribution in [3.8, 4) is 0 Å². The smallest absolute Gasteiger partial charge is 0.194 e. The molecule has 2 atom stereocenters. The third-order valence-electron chi connectivity index (χ3n) is 2.14. The Morgan fingerprint density at radius 3 is 2.44 bits per heavy atom. The van der Waals surface area contributed by atoms with Gasteiger partial charge in [-0.1, -0.05) is 6.92 Å². The zero-order valence-corrected chi connectivity index (χ0v) is 7.02. The Bertz CT molecular complexity index is 118. The van der Waals surface area contributed by atoms with Gasteiger partial charge in [-0.2, -0.15) is 0 Å². The molecule has 1 fully saturated rings. The lowest BCUT2D eigenvalue weighted by Crippen LogP contribution is -2.36. The first-order valence-electron chi connectivity index (χ1n) is 3.33. The lowest BCUT2D eigenvalue weighted by molar-refractivity contribution is 0.310. The van der Waals surface area contributed by atoms with Gasteiger partial charge in [-0.25, -0.2) is 0 Å². The normalized spacial score (nSPS) is 41.7. The molecule has 1 aliphatic carbocycles. The van der Waals surface area contributed by atoms with Crippen molar-refractivity contribution in [3.05, 3.63) is 0 Å². The number of likely N-dealkylation sites (N-methyl/N-ethyl adjacent to an activating group) is 1. The summed E-state index contributed by atoms with van der Waals surface area (Å²) in [6.45, 7) is 3.18. The lowest BCUT2D eigenvalue weighted by Gasteiger charge is -2.16. The molecule has 0 bridgehead atoms. The van der Waals surface area contributed by atoms with Crippen molar-refractivity contribution < 1.29 is 0 Å². The molecule has 1 saturated carbocycles. The number of nitrogens with two attached hydrogens (primary N) is 1. The highest BCUT2D eigenvalue weighted by Crippen LogP contribution is 2.37. The van der Waals surface area contributed by atoms with Crippen molar-refractivity contribution in [1.82, 2.24) is 4.90 Å². The molecular weight excluding hydrogens is 132 g/mol. The van der Waals surface area contributed by atoms with Gasteiger partial charge in [-0.3, -0.25) is 4.90 Å². The van der Waals surface area contributed by atoms with Crippen LogP contribution >= 0.6 is 0 Å². The molecule has 0 amide bonds. The summed E-state index contributed by atoms with van der Waals surface area (Å²) in [4.78, 5) is 2.36. The number of hydrogen-bond acceptors (Lipinski definition) is 2. The van der Waals surface area contributed by atoms with Crippen molar-refractivity contribution in [1.29, 1.82) is 0 Å². The second kappa shape index (κ2) is 2.15. The van der Waals surface area contributed by atoms with E-state index in [4.69, 9.17) is 5.73 Å². The van der Waals surface area contributed by atoms with E-state index in [9.17, 15) is 0 Å². The molecule has 0 spiro atoms. The van der Waals surface area contributed by atoms with Crippen LogP contribution in [0.1, 0.15) is 13.3 Å². The molecule has 3 heteroatoms. The maximum Gasteiger partial charge on any atom is 0.194 e. The summed E-state index contributed by atoms with van der Waals surface area (Å²) in [5, 5.41) is 0. The van der Waals surface area contributed by atoms with Crippen LogP contribution in [-0.4, -0.2) is 29.4 Å². The fourth-order valence-electron chi connectivity index (χ4n) is 0.997. The summed E-state index contributed by atoms with van der Waals surface area (Å²) in [5.74, 6) is 0. The van der Waals surface area contributed by atoms with E-state index in [0.717, 1.165) is 13.0 Å². The van der Waals surface area contributed by atoms with Gasteiger partial charge in [0.1, 0.15) is 0 Å². The van der Waals surface area contributed by atoms with Crippen LogP contribution < -0.4 is 5.73 Å². The van der Waals surface area contributed by atoms with Crippen molar-refractivity contribution >= 4 is 12.6 Å². The van der Waals surface area contributed by atoms with E-state index in [0.29, 0.717) is 6.04 Å². The van der Waals surface area contributed by atoms with E-state index in [2.05, 4.69) is 31.5 Å². The van der Waals surface area contributed by atoms with Crippen LogP contribution in [0.15, 0.2) is 0 Å². The van der Waals surface area contributed by atoms with E-state index in [1.807, 2.05) is 0 Å². The third-order valence-corrected chi connectivity index (χ3v) is 3.10. The number of rotatable bonds is 2. The SMILES string of the molecule is CCN(C)[C@@]1([SH2+])C[C@H]1N. The summed E-state index contributed by atoms with van der Waals surface area (Å²) in [5.41, 5.74) is 5.69. The third kappa shape index (κ3) is 1.09. The molecule has 0 aliphatic heterocycles. The van der Waals surface area contributed by atoms with Crippen LogP contribution in [0.3, 0.4) is 0 Å². The summed E-state index contributed by atoms with van der Waals surface area (Å²) >= 11 is 3.63. The molecule has 0 aromatic heterocycles. The van der Waals surface area contributed by atoms with Gasteiger partial charge in [-0.15, -0.1) is 0 Å². The second-order valence-electron chi connectivity index (χ2n) is 2.75. The van der Waals surface area contributed by atoms with Gasteiger partial charge in [0.25, 0.3) is 0 Å². The second-order valence-corrected chi connectivity index (χ2v) is 3.61. The molecule has 1 aliphatic rings. The first-order chi connectivity index (χ1) is 4.11. The minimum absolute atomic E-state index is 0.134. The Morgan fingerprint density at radius 1 is 1.89 bits per heavy atom. The lowest BCUT2D eigenvalue weighted by atomic mass is 10.5. The molecule has 0 aromatic rings. The summed E-state index contributed by atoms with van der Waals surface area (Å²) in [6.07, 6.45) is 1.08. The Hall–Kier alpha value is 0.270. The fraction of sp³-hybridized carbons (Fsp3) is 1.00. The van der Waals surface area contributed by atoms with E-state index in [1.165, 1.54) is 0 Å². The highest BCUT2D eigenvalue weighted by molar-refractivity contribution is 7.61. The topological polar surface area (TPSA) is 29.3 Å². The van der Waals surface area contributed by atoms with Crippen molar-refractivity contribution in [2.45, 2.75) is 24.3 Å². The molecule has 0 saturated heterocycles. The Kier molecular flexibility index (Phi) is 1.76. The van der Waals surface area contributed by atoms with Crippen LogP contribution in [0.2, 0.25) is 0 Å². The minimum atomic E-state index is 0.134. The van der Waals surface area contributed by atoms with Crippen LogP contribution in [0.25, 0.3) is 0 Å². The van der Waals surface area contributed by atoms with Gasteiger partial charge < -0.3 is 5.73 Å². The summed E-state index contributed by atoms with van der Waals surface area (Å²) in [6, 6.07) is 0.333. The maximum atomic E-state index is 5.69. The monoisotopic (exact) mass is 147 g/mol. The highest BCUT2D eigenvalue weighted by atomic mass is 32.1. The predicted octanol–water partition coefficient (Wildman–Crippen LogP) is -0.623. The maximum absolute atomic E-state index is 5.69. The van der Waals surface area contributed by atoms with Crippen LogP contribution in [0.4, 0.5) is 0 Å². The average Bonchev–Trinajstić information content (AvgIpc) is 2.41. The molecule has 9 heavy (non-hydrogen) atoms. The largest absolute Gasteiger partial charge is 0.322 e. The zero-order valence-electron chi connectivity index (χ0n) is 6.02. The molecule has 2 N–H and O–H groups in total. The molecular formula is C6H15N2S+. The van der Waals surface area contributed by atoms with E-state index < -0.39 is 0 Å². The molecule has 0 heterocycles. The fourth-order valence-corrected chi connectivity index (χ4v) is 1.38. The molecule has 54 valence electrons. The number of nitrogens with zero attached hydrogens (tertiary/aromatic N) is 1. The van der Waals surface area contributed by atoms with Gasteiger partial charge >= 0.3 is 0 Å². The predicted molar refractivity (Wildman–Crippen MR) is 43.8 cm³/mol. The van der Waals surface area contributed by atoms with Crippen molar-refractivity contribution in [2.24, 2.45) is 5.73 Å². The van der Waals surface area contributed by atoms with Gasteiger partial charge in [0, 0.05) is 6.42 Å². The van der Waals surface area contributed by atoms with E-state index in [-0.39, 0.29) is 4.87 Å². The van der Waals surface area contributed by atoms with Gasteiger partial charge in [0.2, 0.25) is 0 Å². The van der Waals surface area contributed by atoms with E-state index >= 15 is 0 Å². The van der Waals surface area contributed by atoms with Crippen molar-refractivity contribution in [3.63, 3.8) is 0 Å². The first kappa shape index (κ1) is 7.38. The number of hydrogen-bond donors (Lipinski definition) is 1. The van der Waals surface area contributed by atoms with Gasteiger partial charge in [0.15, 0.2) is 4.87 Å². The molecule has 0 unspecified atom stereocenters.